The molecule has 0 saturated heterocycles. The number of fused-ring (bicyclic) bond motifs is 4. The largest absolute Gasteiger partial charge is 0.433 e. The van der Waals surface area contributed by atoms with E-state index in [4.69, 9.17) is 0 Å². The first kappa shape index (κ1) is 17.0. The first-order chi connectivity index (χ1) is 13.3. The minimum atomic E-state index is -4.55. The SMILES string of the molecule is CN1C(=O)c2cccn2-c2cc(-c3cccnc3C(F)(F)F)ccc2C12CC2. The maximum Gasteiger partial charge on any atom is 0.433 e. The topological polar surface area (TPSA) is 38.1 Å². The Kier molecular flexibility index (Phi) is 3.33. The fourth-order valence-corrected chi connectivity index (χ4v) is 4.19. The van der Waals surface area contributed by atoms with Crippen LogP contribution in [0.5, 0.6) is 0 Å². The molecule has 28 heavy (non-hydrogen) atoms. The lowest BCUT2D eigenvalue weighted by atomic mass is 9.95. The summed E-state index contributed by atoms with van der Waals surface area (Å²) < 4.78 is 42.1. The Labute approximate surface area is 159 Å². The molecule has 0 N–H and O–H groups in total. The number of pyridine rings is 1. The van der Waals surface area contributed by atoms with Crippen molar-refractivity contribution in [2.24, 2.45) is 0 Å². The number of benzene rings is 1. The van der Waals surface area contributed by atoms with Gasteiger partial charge in [-0.15, -0.1) is 0 Å². The van der Waals surface area contributed by atoms with E-state index in [2.05, 4.69) is 4.98 Å². The van der Waals surface area contributed by atoms with Gasteiger partial charge in [-0.25, -0.2) is 0 Å². The molecule has 3 heterocycles. The van der Waals surface area contributed by atoms with Crippen LogP contribution >= 0.6 is 0 Å². The summed E-state index contributed by atoms with van der Waals surface area (Å²) >= 11 is 0. The number of alkyl halides is 3. The second kappa shape index (κ2) is 5.47. The van der Waals surface area contributed by atoms with E-state index in [-0.39, 0.29) is 17.0 Å². The van der Waals surface area contributed by atoms with Crippen LogP contribution in [-0.4, -0.2) is 27.4 Å². The van der Waals surface area contributed by atoms with E-state index in [1.165, 1.54) is 12.1 Å². The van der Waals surface area contributed by atoms with Gasteiger partial charge in [0.05, 0.1) is 11.2 Å². The van der Waals surface area contributed by atoms with Crippen molar-refractivity contribution in [1.29, 1.82) is 0 Å². The molecule has 1 aliphatic carbocycles. The van der Waals surface area contributed by atoms with Crippen LogP contribution in [0.1, 0.15) is 34.6 Å². The Bertz CT molecular complexity index is 1110. The molecule has 1 aliphatic heterocycles. The van der Waals surface area contributed by atoms with Gasteiger partial charge in [0.1, 0.15) is 5.69 Å². The molecule has 2 aliphatic rings. The minimum Gasteiger partial charge on any atom is -0.331 e. The van der Waals surface area contributed by atoms with Crippen LogP contribution in [0, 0.1) is 0 Å². The van der Waals surface area contributed by atoms with Gasteiger partial charge in [-0.3, -0.25) is 9.78 Å². The first-order valence-corrected chi connectivity index (χ1v) is 8.96. The molecule has 1 amide bonds. The standard InChI is InChI=1S/C21H16F3N3O/c1-26-19(28)16-5-3-11-27(16)17-12-13(6-7-15(17)20(26)8-9-20)14-4-2-10-25-18(14)21(22,23)24/h2-7,10-12H,8-9H2,1H3. The van der Waals surface area contributed by atoms with E-state index in [1.807, 2.05) is 6.07 Å². The highest BCUT2D eigenvalue weighted by atomic mass is 19.4. The number of amides is 1. The van der Waals surface area contributed by atoms with Gasteiger partial charge in [-0.2, -0.15) is 13.2 Å². The highest BCUT2D eigenvalue weighted by molar-refractivity contribution is 5.95. The zero-order valence-corrected chi connectivity index (χ0v) is 15.0. The molecule has 1 spiro atoms. The van der Waals surface area contributed by atoms with E-state index >= 15 is 0 Å². The molecular formula is C21H16F3N3O. The first-order valence-electron chi connectivity index (χ1n) is 8.96. The Morgan fingerprint density at radius 2 is 1.89 bits per heavy atom. The molecule has 0 radical (unpaired) electrons. The maximum absolute atomic E-state index is 13.4. The lowest BCUT2D eigenvalue weighted by molar-refractivity contribution is -0.140. The molecule has 2 aromatic heterocycles. The molecular weight excluding hydrogens is 367 g/mol. The lowest BCUT2D eigenvalue weighted by Gasteiger charge is -2.27. The quantitative estimate of drug-likeness (QED) is 0.614. The Morgan fingerprint density at radius 3 is 2.61 bits per heavy atom. The smallest absolute Gasteiger partial charge is 0.331 e. The summed E-state index contributed by atoms with van der Waals surface area (Å²) in [7, 11) is 1.79. The Hall–Kier alpha value is -3.09. The number of rotatable bonds is 1. The molecule has 142 valence electrons. The monoisotopic (exact) mass is 383 g/mol. The third-order valence-corrected chi connectivity index (χ3v) is 5.78. The molecule has 5 rings (SSSR count). The van der Waals surface area contributed by atoms with E-state index < -0.39 is 11.9 Å². The van der Waals surface area contributed by atoms with Crippen molar-refractivity contribution in [2.45, 2.75) is 24.6 Å². The zero-order chi connectivity index (χ0) is 19.7. The van der Waals surface area contributed by atoms with Crippen LogP contribution in [0.15, 0.2) is 54.9 Å². The van der Waals surface area contributed by atoms with Crippen molar-refractivity contribution >= 4 is 5.91 Å². The Morgan fingerprint density at radius 1 is 1.11 bits per heavy atom. The third kappa shape index (κ3) is 2.25. The fraction of sp³-hybridized carbons (Fsp3) is 0.238. The van der Waals surface area contributed by atoms with Crippen molar-refractivity contribution in [2.75, 3.05) is 7.05 Å². The van der Waals surface area contributed by atoms with Crippen LogP contribution < -0.4 is 0 Å². The van der Waals surface area contributed by atoms with Crippen LogP contribution in [0.25, 0.3) is 16.8 Å². The number of carbonyl (C=O) groups is 1. The van der Waals surface area contributed by atoms with Gasteiger partial charge in [0.15, 0.2) is 5.69 Å². The summed E-state index contributed by atoms with van der Waals surface area (Å²) in [6, 6.07) is 11.7. The highest BCUT2D eigenvalue weighted by Gasteiger charge is 2.53. The predicted octanol–water partition coefficient (Wildman–Crippen LogP) is 4.63. The molecule has 7 heteroatoms. The molecule has 1 saturated carbocycles. The van der Waals surface area contributed by atoms with Crippen LogP contribution in [-0.2, 0) is 11.7 Å². The van der Waals surface area contributed by atoms with Gasteiger partial charge >= 0.3 is 6.18 Å². The number of carbonyl (C=O) groups excluding carboxylic acids is 1. The highest BCUT2D eigenvalue weighted by Crippen LogP contribution is 2.54. The van der Waals surface area contributed by atoms with Crippen molar-refractivity contribution < 1.29 is 18.0 Å². The van der Waals surface area contributed by atoms with Crippen molar-refractivity contribution in [3.05, 3.63) is 71.8 Å². The lowest BCUT2D eigenvalue weighted by Crippen LogP contribution is -2.36. The normalized spacial score (nSPS) is 17.3. The Balaban J connectivity index is 1.76. The van der Waals surface area contributed by atoms with Crippen molar-refractivity contribution in [3.8, 4) is 16.8 Å². The molecule has 4 nitrogen and oxygen atoms in total. The molecule has 0 unspecified atom stereocenters. The number of aromatic nitrogens is 2. The summed E-state index contributed by atoms with van der Waals surface area (Å²) in [6.07, 6.45) is 0.0573. The summed E-state index contributed by atoms with van der Waals surface area (Å²) in [5, 5.41) is 0. The molecule has 0 bridgehead atoms. The van der Waals surface area contributed by atoms with E-state index in [9.17, 15) is 18.0 Å². The van der Waals surface area contributed by atoms with Gasteiger partial charge in [-0.05, 0) is 42.7 Å². The van der Waals surface area contributed by atoms with Crippen molar-refractivity contribution in [1.82, 2.24) is 14.5 Å². The van der Waals surface area contributed by atoms with Gasteiger partial charge < -0.3 is 9.47 Å². The number of halogens is 3. The van der Waals surface area contributed by atoms with Crippen LogP contribution in [0.2, 0.25) is 0 Å². The second-order valence-electron chi connectivity index (χ2n) is 7.29. The maximum atomic E-state index is 13.4. The van der Waals surface area contributed by atoms with E-state index in [1.54, 1.807) is 47.0 Å². The van der Waals surface area contributed by atoms with Gasteiger partial charge in [0.25, 0.3) is 5.91 Å². The summed E-state index contributed by atoms with van der Waals surface area (Å²) in [5.74, 6) is -0.0855. The fourth-order valence-electron chi connectivity index (χ4n) is 4.19. The number of hydrogen-bond acceptors (Lipinski definition) is 2. The molecule has 1 aromatic carbocycles. The minimum absolute atomic E-state index is 0.0280. The second-order valence-corrected chi connectivity index (χ2v) is 7.29. The summed E-state index contributed by atoms with van der Waals surface area (Å²) in [5.41, 5.74) is 1.36. The predicted molar refractivity (Wildman–Crippen MR) is 97.0 cm³/mol. The average molecular weight is 383 g/mol. The van der Waals surface area contributed by atoms with Crippen LogP contribution in [0.4, 0.5) is 13.2 Å². The van der Waals surface area contributed by atoms with Crippen molar-refractivity contribution in [3.63, 3.8) is 0 Å². The third-order valence-electron chi connectivity index (χ3n) is 5.78. The summed E-state index contributed by atoms with van der Waals surface area (Å²) in [4.78, 5) is 18.2. The molecule has 1 fully saturated rings. The molecule has 3 aromatic rings. The van der Waals surface area contributed by atoms with E-state index in [0.29, 0.717) is 11.3 Å². The van der Waals surface area contributed by atoms with Crippen LogP contribution in [0.3, 0.4) is 0 Å². The average Bonchev–Trinajstić information content (AvgIpc) is 3.35. The van der Waals surface area contributed by atoms with Gasteiger partial charge in [0.2, 0.25) is 0 Å². The van der Waals surface area contributed by atoms with E-state index in [0.717, 1.165) is 30.3 Å². The number of hydrogen-bond donors (Lipinski definition) is 0. The summed E-state index contributed by atoms with van der Waals surface area (Å²) in [6.45, 7) is 0. The zero-order valence-electron chi connectivity index (χ0n) is 15.0. The van der Waals surface area contributed by atoms with Gasteiger partial charge in [0, 0.05) is 30.6 Å². The number of nitrogens with zero attached hydrogens (tertiary/aromatic N) is 3. The van der Waals surface area contributed by atoms with Gasteiger partial charge in [-0.1, -0.05) is 18.2 Å². The molecule has 0 atom stereocenters.